The molecule has 0 radical (unpaired) electrons. The van der Waals surface area contributed by atoms with E-state index in [0.717, 1.165) is 5.56 Å². The van der Waals surface area contributed by atoms with Crippen LogP contribution in [-0.2, 0) is 16.0 Å². The number of methoxy groups -OCH3 is 1. The maximum Gasteiger partial charge on any atom is 0.228 e. The highest BCUT2D eigenvalue weighted by atomic mass is 16.5. The van der Waals surface area contributed by atoms with Gasteiger partial charge in [0.2, 0.25) is 11.8 Å². The molecule has 0 unspecified atom stereocenters. The molecular weight excluding hydrogens is 316 g/mol. The summed E-state index contributed by atoms with van der Waals surface area (Å²) in [4.78, 5) is 23.5. The standard InChI is InChI=1S/C20H24N2O3/c1-13(2)15-8-9-16(19(10-15)25-4)11-20(24)22-18-7-5-6-17(12-18)21-14(3)23/h5-10,12-13H,11H2,1-4H3,(H,21,23)(H,22,24). The Kier molecular flexibility index (Phi) is 6.17. The van der Waals surface area contributed by atoms with Gasteiger partial charge in [-0.25, -0.2) is 0 Å². The lowest BCUT2D eigenvalue weighted by Crippen LogP contribution is -2.15. The van der Waals surface area contributed by atoms with E-state index in [9.17, 15) is 9.59 Å². The lowest BCUT2D eigenvalue weighted by molar-refractivity contribution is -0.116. The molecule has 132 valence electrons. The summed E-state index contributed by atoms with van der Waals surface area (Å²) in [6.07, 6.45) is 0.214. The van der Waals surface area contributed by atoms with E-state index in [1.165, 1.54) is 12.5 Å². The van der Waals surface area contributed by atoms with Crippen molar-refractivity contribution >= 4 is 23.2 Å². The van der Waals surface area contributed by atoms with Crippen LogP contribution in [0.1, 0.15) is 37.8 Å². The van der Waals surface area contributed by atoms with Crippen molar-refractivity contribution in [1.82, 2.24) is 0 Å². The number of carbonyl (C=O) groups is 2. The molecule has 2 aromatic carbocycles. The van der Waals surface area contributed by atoms with Crippen LogP contribution in [0.4, 0.5) is 11.4 Å². The van der Waals surface area contributed by atoms with E-state index in [1.807, 2.05) is 18.2 Å². The van der Waals surface area contributed by atoms with E-state index >= 15 is 0 Å². The lowest BCUT2D eigenvalue weighted by Gasteiger charge is -2.13. The van der Waals surface area contributed by atoms with Crippen LogP contribution in [0, 0.1) is 0 Å². The minimum Gasteiger partial charge on any atom is -0.496 e. The van der Waals surface area contributed by atoms with Gasteiger partial charge in [0.05, 0.1) is 13.5 Å². The Labute approximate surface area is 148 Å². The zero-order valence-electron chi connectivity index (χ0n) is 15.1. The zero-order chi connectivity index (χ0) is 18.4. The number of rotatable bonds is 6. The summed E-state index contributed by atoms with van der Waals surface area (Å²) in [5, 5.41) is 5.54. The quantitative estimate of drug-likeness (QED) is 0.836. The third-order valence-corrected chi connectivity index (χ3v) is 3.80. The van der Waals surface area contributed by atoms with Crippen LogP contribution >= 0.6 is 0 Å². The normalized spacial score (nSPS) is 10.4. The molecule has 2 amide bonds. The molecule has 0 heterocycles. The summed E-state index contributed by atoms with van der Waals surface area (Å²) >= 11 is 0. The molecule has 5 heteroatoms. The van der Waals surface area contributed by atoms with Crippen molar-refractivity contribution in [3.05, 3.63) is 53.6 Å². The van der Waals surface area contributed by atoms with Gasteiger partial charge in [0.15, 0.2) is 0 Å². The molecule has 0 bridgehead atoms. The maximum atomic E-state index is 12.3. The summed E-state index contributed by atoms with van der Waals surface area (Å²) in [6, 6.07) is 13.0. The molecule has 2 rings (SSSR count). The van der Waals surface area contributed by atoms with Gasteiger partial charge in [0.25, 0.3) is 0 Å². The predicted octanol–water partition coefficient (Wildman–Crippen LogP) is 3.96. The number of amides is 2. The van der Waals surface area contributed by atoms with E-state index in [4.69, 9.17) is 4.74 Å². The van der Waals surface area contributed by atoms with E-state index in [-0.39, 0.29) is 18.2 Å². The van der Waals surface area contributed by atoms with Gasteiger partial charge in [-0.3, -0.25) is 9.59 Å². The molecule has 2 aromatic rings. The maximum absolute atomic E-state index is 12.3. The second-order valence-corrected chi connectivity index (χ2v) is 6.21. The average molecular weight is 340 g/mol. The van der Waals surface area contributed by atoms with Crippen LogP contribution in [0.3, 0.4) is 0 Å². The molecule has 0 atom stereocenters. The van der Waals surface area contributed by atoms with E-state index in [1.54, 1.807) is 31.4 Å². The molecule has 0 saturated heterocycles. The van der Waals surface area contributed by atoms with Crippen molar-refractivity contribution in [2.45, 2.75) is 33.1 Å². The number of carbonyl (C=O) groups excluding carboxylic acids is 2. The van der Waals surface area contributed by atoms with Gasteiger partial charge in [-0.2, -0.15) is 0 Å². The smallest absolute Gasteiger partial charge is 0.228 e. The molecule has 5 nitrogen and oxygen atoms in total. The van der Waals surface area contributed by atoms with Gasteiger partial charge in [0, 0.05) is 23.9 Å². The zero-order valence-corrected chi connectivity index (χ0v) is 15.1. The number of hydrogen-bond donors (Lipinski definition) is 2. The molecule has 0 spiro atoms. The van der Waals surface area contributed by atoms with Crippen LogP contribution in [0.25, 0.3) is 0 Å². The molecule has 0 saturated carbocycles. The second kappa shape index (κ2) is 8.33. The number of ether oxygens (including phenoxy) is 1. The summed E-state index contributed by atoms with van der Waals surface area (Å²) in [7, 11) is 1.61. The first kappa shape index (κ1) is 18.5. The fourth-order valence-electron chi connectivity index (χ4n) is 2.52. The lowest BCUT2D eigenvalue weighted by atomic mass is 9.99. The van der Waals surface area contributed by atoms with Gasteiger partial charge >= 0.3 is 0 Å². The van der Waals surface area contributed by atoms with Gasteiger partial charge in [-0.1, -0.05) is 32.0 Å². The second-order valence-electron chi connectivity index (χ2n) is 6.21. The van der Waals surface area contributed by atoms with Gasteiger partial charge in [-0.05, 0) is 35.7 Å². The van der Waals surface area contributed by atoms with E-state index < -0.39 is 0 Å². The van der Waals surface area contributed by atoms with Crippen LogP contribution in [-0.4, -0.2) is 18.9 Å². The van der Waals surface area contributed by atoms with Crippen molar-refractivity contribution < 1.29 is 14.3 Å². The van der Waals surface area contributed by atoms with Gasteiger partial charge in [0.1, 0.15) is 5.75 Å². The Balaban J connectivity index is 2.09. The number of benzene rings is 2. The third kappa shape index (κ3) is 5.35. The molecule has 25 heavy (non-hydrogen) atoms. The SMILES string of the molecule is COc1cc(C(C)C)ccc1CC(=O)Nc1cccc(NC(C)=O)c1. The Morgan fingerprint density at radius 1 is 1.04 bits per heavy atom. The molecule has 0 aliphatic carbocycles. The Bertz CT molecular complexity index is 769. The summed E-state index contributed by atoms with van der Waals surface area (Å²) < 4.78 is 5.42. The van der Waals surface area contributed by atoms with Crippen LogP contribution in [0.2, 0.25) is 0 Å². The first-order chi connectivity index (χ1) is 11.9. The van der Waals surface area contributed by atoms with E-state index in [2.05, 4.69) is 24.5 Å². The minimum atomic E-state index is -0.154. The van der Waals surface area contributed by atoms with Crippen molar-refractivity contribution in [3.63, 3.8) is 0 Å². The predicted molar refractivity (Wildman–Crippen MR) is 100 cm³/mol. The Morgan fingerprint density at radius 2 is 1.72 bits per heavy atom. The van der Waals surface area contributed by atoms with Crippen molar-refractivity contribution in [3.8, 4) is 5.75 Å². The van der Waals surface area contributed by atoms with Crippen LogP contribution in [0.15, 0.2) is 42.5 Å². The Hall–Kier alpha value is -2.82. The summed E-state index contributed by atoms with van der Waals surface area (Å²) in [5.41, 5.74) is 3.28. The van der Waals surface area contributed by atoms with E-state index in [0.29, 0.717) is 23.0 Å². The van der Waals surface area contributed by atoms with Crippen molar-refractivity contribution in [2.24, 2.45) is 0 Å². The van der Waals surface area contributed by atoms with Gasteiger partial charge < -0.3 is 15.4 Å². The fraction of sp³-hybridized carbons (Fsp3) is 0.300. The number of hydrogen-bond acceptors (Lipinski definition) is 3. The molecule has 0 aliphatic rings. The number of nitrogens with one attached hydrogen (secondary N) is 2. The Morgan fingerprint density at radius 3 is 2.32 bits per heavy atom. The first-order valence-electron chi connectivity index (χ1n) is 8.23. The molecule has 0 fully saturated rings. The highest BCUT2D eigenvalue weighted by molar-refractivity contribution is 5.94. The summed E-state index contributed by atoms with van der Waals surface area (Å²) in [5.74, 6) is 0.815. The average Bonchev–Trinajstić information content (AvgIpc) is 2.54. The highest BCUT2D eigenvalue weighted by Gasteiger charge is 2.11. The van der Waals surface area contributed by atoms with Crippen LogP contribution in [0.5, 0.6) is 5.75 Å². The van der Waals surface area contributed by atoms with Crippen LogP contribution < -0.4 is 15.4 Å². The molecular formula is C20H24N2O3. The van der Waals surface area contributed by atoms with Crippen molar-refractivity contribution in [2.75, 3.05) is 17.7 Å². The highest BCUT2D eigenvalue weighted by Crippen LogP contribution is 2.25. The molecule has 0 aliphatic heterocycles. The topological polar surface area (TPSA) is 67.4 Å². The van der Waals surface area contributed by atoms with Crippen molar-refractivity contribution in [1.29, 1.82) is 0 Å². The minimum absolute atomic E-state index is 0.143. The largest absolute Gasteiger partial charge is 0.496 e. The number of anilines is 2. The third-order valence-electron chi connectivity index (χ3n) is 3.80. The fourth-order valence-corrected chi connectivity index (χ4v) is 2.52. The monoisotopic (exact) mass is 340 g/mol. The van der Waals surface area contributed by atoms with Gasteiger partial charge in [-0.15, -0.1) is 0 Å². The summed E-state index contributed by atoms with van der Waals surface area (Å²) in [6.45, 7) is 5.67. The molecule has 2 N–H and O–H groups in total. The first-order valence-corrected chi connectivity index (χ1v) is 8.23. The molecule has 0 aromatic heterocycles.